The molecule has 0 spiro atoms. The number of carbonyl (C=O) groups is 2. The molecule has 0 rings (SSSR count). The van der Waals surface area contributed by atoms with Crippen molar-refractivity contribution < 1.29 is 24.5 Å². The maximum absolute atomic E-state index is 10.9. The Morgan fingerprint density at radius 1 is 1.07 bits per heavy atom. The zero-order valence-electron chi connectivity index (χ0n) is 9.15. The second-order valence-electron chi connectivity index (χ2n) is 3.50. The highest BCUT2D eigenvalue weighted by Crippen LogP contribution is 2.29. The lowest BCUT2D eigenvalue weighted by Crippen LogP contribution is -2.38. The van der Waals surface area contributed by atoms with E-state index in [9.17, 15) is 9.59 Å². The number of carboxylic acid groups (broad SMARTS) is 2. The molecule has 2 N–H and O–H groups in total. The number of hydrogen-bond acceptors (Lipinski definition) is 2. The highest BCUT2D eigenvalue weighted by atomic mass is 19.0. The monoisotopic (exact) mass is 222 g/mol. The van der Waals surface area contributed by atoms with Gasteiger partial charge in [-0.1, -0.05) is 33.1 Å². The average molecular weight is 222 g/mol. The van der Waals surface area contributed by atoms with E-state index in [-0.39, 0.29) is 17.5 Å². The Labute approximate surface area is 88.7 Å². The summed E-state index contributed by atoms with van der Waals surface area (Å²) in [5.41, 5.74) is -1.57. The van der Waals surface area contributed by atoms with Crippen LogP contribution in [0.1, 0.15) is 46.0 Å². The molecule has 0 heterocycles. The summed E-state index contributed by atoms with van der Waals surface area (Å²) in [5, 5.41) is 17.8. The van der Waals surface area contributed by atoms with Crippen LogP contribution in [0.25, 0.3) is 0 Å². The molecular weight excluding hydrogens is 203 g/mol. The molecule has 0 bridgehead atoms. The molecule has 5 heteroatoms. The van der Waals surface area contributed by atoms with Gasteiger partial charge in [0.1, 0.15) is 0 Å². The molecule has 0 saturated heterocycles. The topological polar surface area (TPSA) is 74.6 Å². The SMILES string of the molecule is CCCCCC(CC)(C(=O)O)C(=O)O.F. The van der Waals surface area contributed by atoms with Crippen LogP contribution in [0.15, 0.2) is 0 Å². The molecule has 0 saturated carbocycles. The Morgan fingerprint density at radius 3 is 1.80 bits per heavy atom. The van der Waals surface area contributed by atoms with Crippen LogP contribution in [-0.4, -0.2) is 22.2 Å². The maximum Gasteiger partial charge on any atom is 0.321 e. The van der Waals surface area contributed by atoms with E-state index in [0.717, 1.165) is 12.8 Å². The summed E-state index contributed by atoms with van der Waals surface area (Å²) in [6.45, 7) is 3.60. The van der Waals surface area contributed by atoms with Crippen LogP contribution in [-0.2, 0) is 9.59 Å². The minimum atomic E-state index is -1.57. The van der Waals surface area contributed by atoms with Crippen molar-refractivity contribution >= 4 is 11.9 Å². The van der Waals surface area contributed by atoms with E-state index in [1.807, 2.05) is 6.92 Å². The van der Waals surface area contributed by atoms with Crippen LogP contribution in [0.3, 0.4) is 0 Å². The normalized spacial score (nSPS) is 10.5. The van der Waals surface area contributed by atoms with Gasteiger partial charge in [-0.3, -0.25) is 14.3 Å². The Kier molecular flexibility index (Phi) is 7.83. The molecule has 0 aliphatic carbocycles. The molecule has 0 aromatic heterocycles. The first-order valence-electron chi connectivity index (χ1n) is 4.98. The van der Waals surface area contributed by atoms with Crippen molar-refractivity contribution in [1.29, 1.82) is 0 Å². The molecule has 0 unspecified atom stereocenters. The quantitative estimate of drug-likeness (QED) is 0.512. The van der Waals surface area contributed by atoms with Gasteiger partial charge in [0.2, 0.25) is 0 Å². The zero-order valence-corrected chi connectivity index (χ0v) is 9.15. The molecular formula is C10H19FO4. The van der Waals surface area contributed by atoms with E-state index in [1.165, 1.54) is 0 Å². The van der Waals surface area contributed by atoms with Crippen molar-refractivity contribution in [3.05, 3.63) is 0 Å². The van der Waals surface area contributed by atoms with E-state index in [4.69, 9.17) is 10.2 Å². The summed E-state index contributed by atoms with van der Waals surface area (Å²) in [7, 11) is 0. The molecule has 15 heavy (non-hydrogen) atoms. The third-order valence-corrected chi connectivity index (χ3v) is 2.63. The second-order valence-corrected chi connectivity index (χ2v) is 3.50. The average Bonchev–Trinajstić information content (AvgIpc) is 2.11. The van der Waals surface area contributed by atoms with Gasteiger partial charge in [-0.15, -0.1) is 0 Å². The standard InChI is InChI=1S/C10H18O4.FH/c1-3-5-6-7-10(4-2,8(11)12)9(13)14;/h3-7H2,1-2H3,(H,11,12)(H,13,14);1H. The van der Waals surface area contributed by atoms with E-state index < -0.39 is 17.4 Å². The van der Waals surface area contributed by atoms with Crippen LogP contribution in [0.2, 0.25) is 0 Å². The molecule has 0 atom stereocenters. The summed E-state index contributed by atoms with van der Waals surface area (Å²) < 4.78 is 0. The molecule has 0 aliphatic rings. The van der Waals surface area contributed by atoms with Gasteiger partial charge in [0.05, 0.1) is 0 Å². The number of rotatable bonds is 7. The number of aliphatic carboxylic acids is 2. The van der Waals surface area contributed by atoms with Crippen LogP contribution < -0.4 is 0 Å². The van der Waals surface area contributed by atoms with Crippen molar-refractivity contribution in [3.8, 4) is 0 Å². The Bertz CT molecular complexity index is 201. The van der Waals surface area contributed by atoms with E-state index in [2.05, 4.69) is 0 Å². The van der Waals surface area contributed by atoms with E-state index >= 15 is 0 Å². The van der Waals surface area contributed by atoms with Crippen molar-refractivity contribution in [1.82, 2.24) is 0 Å². The Hall–Kier alpha value is -1.13. The summed E-state index contributed by atoms with van der Waals surface area (Å²) in [4.78, 5) is 21.8. The molecule has 0 aliphatic heterocycles. The minimum absolute atomic E-state index is 0. The van der Waals surface area contributed by atoms with Crippen LogP contribution in [0, 0.1) is 5.41 Å². The predicted octanol–water partition coefficient (Wildman–Crippen LogP) is 2.28. The number of hydrogen-bond donors (Lipinski definition) is 2. The van der Waals surface area contributed by atoms with Gasteiger partial charge < -0.3 is 10.2 Å². The fourth-order valence-electron chi connectivity index (χ4n) is 1.46. The van der Waals surface area contributed by atoms with Gasteiger partial charge in [-0.2, -0.15) is 0 Å². The van der Waals surface area contributed by atoms with E-state index in [1.54, 1.807) is 6.92 Å². The molecule has 0 aromatic rings. The van der Waals surface area contributed by atoms with Crippen LogP contribution >= 0.6 is 0 Å². The highest BCUT2D eigenvalue weighted by Gasteiger charge is 2.43. The van der Waals surface area contributed by atoms with Gasteiger partial charge in [0.25, 0.3) is 0 Å². The molecule has 0 aromatic carbocycles. The van der Waals surface area contributed by atoms with Gasteiger partial charge in [-0.05, 0) is 12.8 Å². The predicted molar refractivity (Wildman–Crippen MR) is 54.6 cm³/mol. The summed E-state index contributed by atoms with van der Waals surface area (Å²) >= 11 is 0. The van der Waals surface area contributed by atoms with Gasteiger partial charge in [0.15, 0.2) is 5.41 Å². The van der Waals surface area contributed by atoms with Gasteiger partial charge >= 0.3 is 11.9 Å². The summed E-state index contributed by atoms with van der Waals surface area (Å²) in [5.74, 6) is -2.44. The lowest BCUT2D eigenvalue weighted by Gasteiger charge is -2.22. The van der Waals surface area contributed by atoms with E-state index in [0.29, 0.717) is 6.42 Å². The van der Waals surface area contributed by atoms with Crippen molar-refractivity contribution in [2.45, 2.75) is 46.0 Å². The number of halogens is 1. The lowest BCUT2D eigenvalue weighted by atomic mass is 9.80. The minimum Gasteiger partial charge on any atom is -0.480 e. The first-order chi connectivity index (χ1) is 6.51. The van der Waals surface area contributed by atoms with Crippen LogP contribution in [0.4, 0.5) is 4.70 Å². The molecule has 0 fully saturated rings. The van der Waals surface area contributed by atoms with Crippen molar-refractivity contribution in [3.63, 3.8) is 0 Å². The van der Waals surface area contributed by atoms with Gasteiger partial charge in [-0.25, -0.2) is 0 Å². The Balaban J connectivity index is 0. The molecule has 90 valence electrons. The number of carboxylic acids is 2. The fraction of sp³-hybridized carbons (Fsp3) is 0.800. The second kappa shape index (κ2) is 7.20. The maximum atomic E-state index is 10.9. The largest absolute Gasteiger partial charge is 0.480 e. The lowest BCUT2D eigenvalue weighted by molar-refractivity contribution is -0.165. The first-order valence-corrected chi connectivity index (χ1v) is 4.98. The highest BCUT2D eigenvalue weighted by molar-refractivity contribution is 5.98. The molecule has 0 radical (unpaired) electrons. The van der Waals surface area contributed by atoms with Crippen molar-refractivity contribution in [2.75, 3.05) is 0 Å². The third kappa shape index (κ3) is 3.85. The third-order valence-electron chi connectivity index (χ3n) is 2.63. The summed E-state index contributed by atoms with van der Waals surface area (Å²) in [6.07, 6.45) is 2.85. The zero-order chi connectivity index (χ0) is 11.2. The smallest absolute Gasteiger partial charge is 0.321 e. The first kappa shape index (κ1) is 16.3. The Morgan fingerprint density at radius 2 is 1.53 bits per heavy atom. The summed E-state index contributed by atoms with van der Waals surface area (Å²) in [6, 6.07) is 0. The fourth-order valence-corrected chi connectivity index (χ4v) is 1.46. The number of unbranched alkanes of at least 4 members (excludes halogenated alkanes) is 2. The molecule has 0 amide bonds. The van der Waals surface area contributed by atoms with Gasteiger partial charge in [0, 0.05) is 0 Å². The van der Waals surface area contributed by atoms with Crippen molar-refractivity contribution in [2.24, 2.45) is 5.41 Å². The van der Waals surface area contributed by atoms with Crippen LogP contribution in [0.5, 0.6) is 0 Å². The molecule has 4 nitrogen and oxygen atoms in total.